The Kier molecular flexibility index (Phi) is 62.6. The monoisotopic (exact) mass is 1060 g/mol. The summed E-state index contributed by atoms with van der Waals surface area (Å²) in [5, 5.41) is 12.0. The Hall–Kier alpha value is 3.10. The molecule has 8 nitrogen and oxygen atoms in total. The maximum absolute atomic E-state index is 12.9. The minimum atomic E-state index is -2.47. The topological polar surface area (TPSA) is 162 Å². The zero-order valence-electron chi connectivity index (χ0n) is 26.9. The molecule has 8 N–H and O–H groups in total. The van der Waals surface area contributed by atoms with Gasteiger partial charge in [-0.25, -0.2) is 0 Å². The summed E-state index contributed by atoms with van der Waals surface area (Å²) in [5.74, 6) is 2.20. The van der Waals surface area contributed by atoms with Gasteiger partial charge in [-0.2, -0.15) is 65.7 Å². The summed E-state index contributed by atoms with van der Waals surface area (Å²) in [6.45, 7) is 18.4. The third kappa shape index (κ3) is 133. The molecule has 0 aromatic rings. The fourth-order valence-electron chi connectivity index (χ4n) is 1.87. The van der Waals surface area contributed by atoms with Crippen LogP contribution in [-0.2, 0) is 42.1 Å². The van der Waals surface area contributed by atoms with Crippen molar-refractivity contribution in [1.82, 2.24) is 0 Å². The molecule has 0 radical (unpaired) electrons. The van der Waals surface area contributed by atoms with E-state index in [0.29, 0.717) is 29.7 Å². The Balaban J connectivity index is -0.0000000485. The van der Waals surface area contributed by atoms with Crippen LogP contribution in [0.15, 0.2) is 25.3 Å². The van der Waals surface area contributed by atoms with Crippen LogP contribution in [0.3, 0.4) is 0 Å². The van der Waals surface area contributed by atoms with Crippen molar-refractivity contribution >= 4 is 89.6 Å². The molecular formula is C23H65Cl2FMoO8PtS4Si3. The Morgan fingerprint density at radius 1 is 0.814 bits per heavy atom. The minimum Gasteiger partial charge on any atom is -0.314 e. The molecule has 0 heterocycles. The van der Waals surface area contributed by atoms with Gasteiger partial charge in [0.25, 0.3) is 0 Å². The van der Waals surface area contributed by atoms with Crippen molar-refractivity contribution in [3.05, 3.63) is 25.3 Å². The Bertz CT molecular complexity index is 512. The van der Waals surface area contributed by atoms with Gasteiger partial charge >= 0.3 is 0 Å². The van der Waals surface area contributed by atoms with Gasteiger partial charge in [0, 0.05) is 78.2 Å². The van der Waals surface area contributed by atoms with Gasteiger partial charge in [0.15, 0.2) is 7.38 Å². The molecule has 0 aromatic carbocycles. The summed E-state index contributed by atoms with van der Waals surface area (Å²) in [6, 6.07) is 1.48. The number of rotatable bonds is 12. The van der Waals surface area contributed by atoms with Gasteiger partial charge in [0.1, 0.15) is 8.11 Å². The summed E-state index contributed by atoms with van der Waals surface area (Å²) in [7, 11) is -11.6. The van der Waals surface area contributed by atoms with E-state index in [4.69, 9.17) is 60.0 Å². The van der Waals surface area contributed by atoms with Gasteiger partial charge in [-0.3, -0.25) is 37.8 Å². The number of hydrogen-bond acceptors (Lipinski definition) is 9. The first-order valence-corrected chi connectivity index (χ1v) is 31.3. The molecule has 0 aliphatic carbocycles. The fraction of sp³-hybridized carbons (Fsp3) is 0.826. The summed E-state index contributed by atoms with van der Waals surface area (Å²) in [4.78, 5) is 0. The summed E-state index contributed by atoms with van der Waals surface area (Å²) < 4.78 is 66.1. The van der Waals surface area contributed by atoms with Crippen molar-refractivity contribution in [2.75, 3.05) is 48.0 Å². The van der Waals surface area contributed by atoms with Gasteiger partial charge in [-0.1, -0.05) is 45.8 Å². The fourth-order valence-corrected chi connectivity index (χ4v) is 6.89. The molecule has 20 heteroatoms. The molecule has 0 aromatic heterocycles. The minimum absolute atomic E-state index is 0. The molecule has 0 saturated carbocycles. The van der Waals surface area contributed by atoms with Crippen LogP contribution in [0.2, 0.25) is 51.4 Å². The van der Waals surface area contributed by atoms with Crippen molar-refractivity contribution in [2.45, 2.75) is 71.6 Å². The summed E-state index contributed by atoms with van der Waals surface area (Å²) in [5.41, 5.74) is 0. The molecule has 0 atom stereocenters. The van der Waals surface area contributed by atoms with Crippen LogP contribution < -0.4 is 0 Å². The van der Waals surface area contributed by atoms with Crippen molar-refractivity contribution in [2.24, 2.45) is 0 Å². The second-order valence-corrected chi connectivity index (χ2v) is 33.9. The van der Waals surface area contributed by atoms with Gasteiger partial charge < -0.3 is 4.11 Å². The van der Waals surface area contributed by atoms with E-state index in [2.05, 4.69) is 45.6 Å². The molecule has 0 rings (SSSR count). The van der Waals surface area contributed by atoms with E-state index in [-0.39, 0.29) is 49.6 Å². The molecule has 0 spiro atoms. The first-order chi connectivity index (χ1) is 17.6. The first-order valence-electron chi connectivity index (χ1n) is 12.2. The number of hydrogen-bond donors (Lipinski definition) is 8. The van der Waals surface area contributed by atoms with Crippen LogP contribution in [0.5, 0.6) is 0 Å². The van der Waals surface area contributed by atoms with Gasteiger partial charge in [-0.15, -0.1) is 13.2 Å². The normalized spacial score (nSPS) is 11.8. The van der Waals surface area contributed by atoms with Crippen molar-refractivity contribution < 1.29 is 84.1 Å². The van der Waals surface area contributed by atoms with Crippen molar-refractivity contribution in [1.29, 1.82) is 0 Å². The Labute approximate surface area is 315 Å². The summed E-state index contributed by atoms with van der Waals surface area (Å²) >= 11 is 13.2. The zero-order chi connectivity index (χ0) is 33.9. The van der Waals surface area contributed by atoms with Crippen molar-refractivity contribution in [3.63, 3.8) is 0 Å². The molecule has 0 saturated heterocycles. The largest absolute Gasteiger partial charge is 0.314 e. The molecule has 0 unspecified atom stereocenters. The quantitative estimate of drug-likeness (QED) is 0.0313. The number of thioether (sulfide) groups is 1. The predicted molar refractivity (Wildman–Crippen MR) is 207 cm³/mol. The van der Waals surface area contributed by atoms with E-state index in [1.807, 2.05) is 6.08 Å². The van der Waals surface area contributed by atoms with Gasteiger partial charge in [-0.05, 0) is 44.3 Å². The average molecular weight is 1060 g/mol. The van der Waals surface area contributed by atoms with Gasteiger partial charge in [0.2, 0.25) is 8.41 Å². The van der Waals surface area contributed by atoms with E-state index in [1.54, 1.807) is 24.9 Å². The molecule has 0 bridgehead atoms. The third-order valence-electron chi connectivity index (χ3n) is 3.32. The maximum Gasteiger partial charge on any atom is 0.241 e. The van der Waals surface area contributed by atoms with E-state index < -0.39 is 55.7 Å². The Morgan fingerprint density at radius 2 is 1.12 bits per heavy atom. The van der Waals surface area contributed by atoms with Crippen LogP contribution in [0, 0.1) is 0 Å². The van der Waals surface area contributed by atoms with Crippen LogP contribution in [0.4, 0.5) is 4.11 Å². The van der Waals surface area contributed by atoms with Crippen LogP contribution in [0.25, 0.3) is 0 Å². The van der Waals surface area contributed by atoms with Crippen LogP contribution in [0.1, 0.15) is 20.3 Å². The van der Waals surface area contributed by atoms with E-state index in [9.17, 15) is 4.11 Å². The predicted octanol–water partition coefficient (Wildman–Crippen LogP) is 11.1. The zero-order valence-corrected chi connectivity index (χ0v) is 39.1. The van der Waals surface area contributed by atoms with Crippen LogP contribution in [-0.4, -0.2) is 110 Å². The smallest absolute Gasteiger partial charge is 0.241 e. The molecule has 0 amide bonds. The number of halogens is 3. The summed E-state index contributed by atoms with van der Waals surface area (Å²) in [6.07, 6.45) is 11.2. The van der Waals surface area contributed by atoms with Crippen molar-refractivity contribution in [3.8, 4) is 0 Å². The standard InChI is InChI=1S/C6H17ClO2SSi.C6H17FO2SSi.C4H10O2S.C4H8S.C2H7ClSi.CH4.Mo.H2O2.Pt/c2*1-10(8,9)5-4-6-11(2,3)7;1-3-4-7(2,5)6;1-3-4-5-2;1-4(2)3;;;1-2;/h2*8-9H,4-6H2,1-3H3;3,5-6H,1,4H2,2H3;3H,1,4H2,2H3;4H,1-2H3;1H4;;1-2H;. The molecule has 278 valence electrons. The SMILES string of the molecule is C.C=CCS(C)(O)O.C=CCSC.C[SiH](C)Cl.C[Si](C)(Cl)CCCS(C)(O)O.C[Si](C)(F)CCCS(C)(O)O.OO.[Mo].[Pt]. The van der Waals surface area contributed by atoms with Crippen LogP contribution >= 0.6 is 65.7 Å². The molecule has 0 fully saturated rings. The first kappa shape index (κ1) is 68.1. The average Bonchev–Trinajstić information content (AvgIpc) is 2.66. The molecular weight excluding hydrogens is 998 g/mol. The van der Waals surface area contributed by atoms with E-state index in [0.717, 1.165) is 18.2 Å². The molecule has 0 aliphatic rings. The molecule has 43 heavy (non-hydrogen) atoms. The third-order valence-corrected chi connectivity index (χ3v) is 10.5. The molecule has 0 aliphatic heterocycles. The second-order valence-electron chi connectivity index (χ2n) is 10.2. The van der Waals surface area contributed by atoms with E-state index in [1.165, 1.54) is 24.8 Å². The van der Waals surface area contributed by atoms with E-state index >= 15 is 0 Å². The second kappa shape index (κ2) is 39.5. The Morgan fingerprint density at radius 3 is 1.23 bits per heavy atom. The van der Waals surface area contributed by atoms with Gasteiger partial charge in [0.05, 0.1) is 5.75 Å². The maximum atomic E-state index is 12.9.